The fourth-order valence-corrected chi connectivity index (χ4v) is 4.64. The van der Waals surface area contributed by atoms with Crippen LogP contribution in [0.1, 0.15) is 0 Å². The molecule has 2 aromatic carbocycles. The highest BCUT2D eigenvalue weighted by molar-refractivity contribution is 7.94. The summed E-state index contributed by atoms with van der Waals surface area (Å²) in [6.45, 7) is -0.377. The van der Waals surface area contributed by atoms with E-state index in [2.05, 4.69) is 5.32 Å². The lowest BCUT2D eigenvalue weighted by atomic mass is 10.0. The van der Waals surface area contributed by atoms with E-state index in [1.54, 1.807) is 6.07 Å². The number of amides is 1. The lowest BCUT2D eigenvalue weighted by molar-refractivity contribution is -0.123. The molecule has 7 nitrogen and oxygen atoms in total. The average Bonchev–Trinajstić information content (AvgIpc) is 3.05. The van der Waals surface area contributed by atoms with Gasteiger partial charge in [0.25, 0.3) is 5.91 Å². The van der Waals surface area contributed by atoms with Crippen LogP contribution in [-0.2, 0) is 14.6 Å². The predicted octanol–water partition coefficient (Wildman–Crippen LogP) is 2.92. The van der Waals surface area contributed by atoms with Gasteiger partial charge in [-0.3, -0.25) is 4.79 Å². The number of halogens is 1. The number of benzene rings is 2. The minimum absolute atomic E-state index is 0.169. The van der Waals surface area contributed by atoms with Gasteiger partial charge in [0.1, 0.15) is 11.3 Å². The zero-order valence-corrected chi connectivity index (χ0v) is 17.1. The van der Waals surface area contributed by atoms with Crippen molar-refractivity contribution in [1.82, 2.24) is 5.32 Å². The molecule has 0 saturated heterocycles. The molecule has 0 spiro atoms. The molecule has 30 heavy (non-hydrogen) atoms. The second kappa shape index (κ2) is 7.97. The molecule has 9 heteroatoms. The second-order valence-electron chi connectivity index (χ2n) is 6.74. The Labute approximate surface area is 176 Å². The van der Waals surface area contributed by atoms with E-state index in [0.717, 1.165) is 11.0 Å². The van der Waals surface area contributed by atoms with Crippen molar-refractivity contribution in [3.8, 4) is 16.9 Å². The Hall–Kier alpha value is -3.10. The van der Waals surface area contributed by atoms with Crippen LogP contribution < -0.4 is 15.7 Å². The van der Waals surface area contributed by atoms with Crippen LogP contribution in [-0.4, -0.2) is 32.7 Å². The Morgan fingerprint density at radius 1 is 1.20 bits per heavy atom. The summed E-state index contributed by atoms with van der Waals surface area (Å²) < 4.78 is 33.6. The van der Waals surface area contributed by atoms with Crippen LogP contribution >= 0.6 is 11.6 Å². The first-order valence-corrected chi connectivity index (χ1v) is 11.1. The molecular weight excluding hydrogens is 430 g/mol. The predicted molar refractivity (Wildman–Crippen MR) is 113 cm³/mol. The summed E-state index contributed by atoms with van der Waals surface area (Å²) in [5.74, 6) is -0.511. The van der Waals surface area contributed by atoms with Crippen molar-refractivity contribution in [1.29, 1.82) is 0 Å². The Morgan fingerprint density at radius 2 is 1.97 bits per heavy atom. The van der Waals surface area contributed by atoms with E-state index in [1.807, 2.05) is 30.3 Å². The topological polar surface area (TPSA) is 103 Å². The summed E-state index contributed by atoms with van der Waals surface area (Å²) >= 11 is 6.33. The molecule has 1 aliphatic heterocycles. The van der Waals surface area contributed by atoms with Crippen molar-refractivity contribution in [2.75, 3.05) is 12.4 Å². The maximum absolute atomic E-state index is 12.1. The van der Waals surface area contributed by atoms with Gasteiger partial charge in [-0.25, -0.2) is 13.2 Å². The van der Waals surface area contributed by atoms with Crippen LogP contribution in [0.15, 0.2) is 69.2 Å². The Balaban J connectivity index is 1.56. The van der Waals surface area contributed by atoms with E-state index in [0.29, 0.717) is 10.9 Å². The summed E-state index contributed by atoms with van der Waals surface area (Å²) in [6.07, 6.45) is 1.41. The number of carbonyl (C=O) groups is 1. The molecule has 0 fully saturated rings. The molecule has 3 aromatic rings. The number of carbonyl (C=O) groups excluding carboxylic acids is 1. The first-order valence-electron chi connectivity index (χ1n) is 8.97. The summed E-state index contributed by atoms with van der Waals surface area (Å²) in [4.78, 5) is 24.1. The molecule has 0 saturated carbocycles. The lowest BCUT2D eigenvalue weighted by Gasteiger charge is -2.13. The Bertz CT molecular complexity index is 1310. The van der Waals surface area contributed by atoms with Crippen LogP contribution in [0.3, 0.4) is 0 Å². The molecule has 154 valence electrons. The molecule has 0 unspecified atom stereocenters. The summed E-state index contributed by atoms with van der Waals surface area (Å²) in [7, 11) is -3.27. The van der Waals surface area contributed by atoms with E-state index < -0.39 is 27.4 Å². The number of hydrogen-bond donors (Lipinski definition) is 1. The van der Waals surface area contributed by atoms with E-state index in [1.165, 1.54) is 18.2 Å². The van der Waals surface area contributed by atoms with Gasteiger partial charge >= 0.3 is 5.63 Å². The van der Waals surface area contributed by atoms with E-state index in [4.69, 9.17) is 20.8 Å². The van der Waals surface area contributed by atoms with Gasteiger partial charge < -0.3 is 14.5 Å². The van der Waals surface area contributed by atoms with Gasteiger partial charge in [-0.15, -0.1) is 0 Å². The summed E-state index contributed by atoms with van der Waals surface area (Å²) in [5, 5.41) is 4.50. The molecule has 1 aliphatic rings. The quantitative estimate of drug-likeness (QED) is 0.606. The summed E-state index contributed by atoms with van der Waals surface area (Å²) in [6, 6.07) is 13.2. The van der Waals surface area contributed by atoms with Gasteiger partial charge in [0, 0.05) is 22.9 Å². The molecule has 1 amide bonds. The number of fused-ring (bicyclic) bond motifs is 1. The van der Waals surface area contributed by atoms with Gasteiger partial charge in [-0.1, -0.05) is 41.9 Å². The largest absolute Gasteiger partial charge is 0.482 e. The van der Waals surface area contributed by atoms with Crippen molar-refractivity contribution in [2.45, 2.75) is 6.04 Å². The number of hydrogen-bond acceptors (Lipinski definition) is 6. The number of rotatable bonds is 5. The van der Waals surface area contributed by atoms with Crippen molar-refractivity contribution in [2.24, 2.45) is 0 Å². The van der Waals surface area contributed by atoms with Gasteiger partial charge in [0.05, 0.1) is 16.8 Å². The zero-order chi connectivity index (χ0) is 21.3. The Morgan fingerprint density at radius 3 is 2.67 bits per heavy atom. The van der Waals surface area contributed by atoms with Crippen LogP contribution in [0.25, 0.3) is 22.1 Å². The van der Waals surface area contributed by atoms with Crippen LogP contribution in [0.2, 0.25) is 5.02 Å². The molecular formula is C21H16ClNO6S. The SMILES string of the molecule is O=C(COc1cc2oc(=O)cc(-c3ccccc3)c2cc1Cl)N[C@H]1C=CS(=O)(=O)C1. The first kappa shape index (κ1) is 20.2. The molecule has 0 aliphatic carbocycles. The fraction of sp³-hybridized carbons (Fsp3) is 0.143. The van der Waals surface area contributed by atoms with Crippen molar-refractivity contribution >= 4 is 38.3 Å². The highest BCUT2D eigenvalue weighted by atomic mass is 35.5. The molecule has 0 bridgehead atoms. The third-order valence-electron chi connectivity index (χ3n) is 4.52. The third-order valence-corrected chi connectivity index (χ3v) is 6.21. The molecule has 4 rings (SSSR count). The zero-order valence-electron chi connectivity index (χ0n) is 15.5. The molecule has 1 N–H and O–H groups in total. The van der Waals surface area contributed by atoms with Crippen LogP contribution in [0.5, 0.6) is 5.75 Å². The average molecular weight is 446 g/mol. The van der Waals surface area contributed by atoms with E-state index in [-0.39, 0.29) is 28.7 Å². The van der Waals surface area contributed by atoms with E-state index >= 15 is 0 Å². The molecule has 0 radical (unpaired) electrons. The highest BCUT2D eigenvalue weighted by Crippen LogP contribution is 2.34. The number of sulfone groups is 1. The normalized spacial score (nSPS) is 17.2. The summed E-state index contributed by atoms with van der Waals surface area (Å²) in [5.41, 5.74) is 1.24. The van der Waals surface area contributed by atoms with Gasteiger partial charge in [-0.05, 0) is 23.3 Å². The lowest BCUT2D eigenvalue weighted by Crippen LogP contribution is -2.38. The maximum atomic E-state index is 12.1. The van der Waals surface area contributed by atoms with Crippen molar-refractivity contribution in [3.63, 3.8) is 0 Å². The fourth-order valence-electron chi connectivity index (χ4n) is 3.19. The second-order valence-corrected chi connectivity index (χ2v) is 9.08. The third kappa shape index (κ3) is 4.39. The van der Waals surface area contributed by atoms with Crippen molar-refractivity contribution in [3.05, 3.63) is 75.5 Å². The molecule has 1 atom stereocenters. The highest BCUT2D eigenvalue weighted by Gasteiger charge is 2.23. The monoisotopic (exact) mass is 445 g/mol. The van der Waals surface area contributed by atoms with Crippen molar-refractivity contribution < 1.29 is 22.4 Å². The number of nitrogens with one attached hydrogen (secondary N) is 1. The van der Waals surface area contributed by atoms with Gasteiger partial charge in [-0.2, -0.15) is 0 Å². The Kier molecular flexibility index (Phi) is 5.36. The van der Waals surface area contributed by atoms with E-state index in [9.17, 15) is 18.0 Å². The van der Waals surface area contributed by atoms with Gasteiger partial charge in [0.15, 0.2) is 16.4 Å². The van der Waals surface area contributed by atoms with Crippen LogP contribution in [0, 0.1) is 0 Å². The van der Waals surface area contributed by atoms with Crippen LogP contribution in [0.4, 0.5) is 0 Å². The van der Waals surface area contributed by atoms with Gasteiger partial charge in [0.2, 0.25) is 0 Å². The minimum atomic E-state index is -3.27. The number of ether oxygens (including phenoxy) is 1. The first-order chi connectivity index (χ1) is 14.3. The maximum Gasteiger partial charge on any atom is 0.336 e. The molecule has 2 heterocycles. The smallest absolute Gasteiger partial charge is 0.336 e. The molecule has 1 aromatic heterocycles. The minimum Gasteiger partial charge on any atom is -0.482 e. The standard InChI is InChI=1S/C21H16ClNO6S/c22-17-8-16-15(13-4-2-1-3-5-13)9-21(25)29-18(16)10-19(17)28-11-20(24)23-14-6-7-30(26,27)12-14/h1-10,14H,11-12H2,(H,23,24)/t14-/m0/s1.